The Hall–Kier alpha value is -3.05. The van der Waals surface area contributed by atoms with Crippen LogP contribution in [0.15, 0.2) is 91.0 Å². The van der Waals surface area contributed by atoms with Gasteiger partial charge in [-0.05, 0) is 16.7 Å². The standard InChI is InChI=1S/C23H21NO3S/c25-21(22(26)27)24-16-17-28-23(18-10-4-1-5-11-18,19-12-6-2-7-13-19)20-14-8-3-9-15-20/h1-15H,16-17H2,(H,24,25)(H,26,27). The van der Waals surface area contributed by atoms with Crippen molar-refractivity contribution in [2.75, 3.05) is 12.3 Å². The molecule has 3 aromatic rings. The molecule has 1 amide bonds. The average molecular weight is 391 g/mol. The second-order valence-electron chi connectivity index (χ2n) is 6.19. The van der Waals surface area contributed by atoms with Crippen molar-refractivity contribution in [1.29, 1.82) is 0 Å². The highest BCUT2D eigenvalue weighted by molar-refractivity contribution is 8.00. The molecule has 0 radical (unpaired) electrons. The Morgan fingerprint density at radius 2 is 1.14 bits per heavy atom. The molecule has 142 valence electrons. The number of hydrogen-bond acceptors (Lipinski definition) is 3. The molecule has 0 unspecified atom stereocenters. The molecule has 0 aliphatic rings. The molecule has 0 saturated carbocycles. The van der Waals surface area contributed by atoms with E-state index in [1.165, 1.54) is 0 Å². The van der Waals surface area contributed by atoms with E-state index in [1.807, 2.05) is 54.6 Å². The van der Waals surface area contributed by atoms with Crippen molar-refractivity contribution in [1.82, 2.24) is 5.32 Å². The Kier molecular flexibility index (Phi) is 6.50. The molecule has 0 atom stereocenters. The highest BCUT2D eigenvalue weighted by Gasteiger charge is 2.36. The number of nitrogens with one attached hydrogen (secondary N) is 1. The monoisotopic (exact) mass is 391 g/mol. The summed E-state index contributed by atoms with van der Waals surface area (Å²) in [5.74, 6) is -1.90. The number of thioether (sulfide) groups is 1. The van der Waals surface area contributed by atoms with Crippen LogP contribution in [0, 0.1) is 0 Å². The summed E-state index contributed by atoms with van der Waals surface area (Å²) in [6.07, 6.45) is 0. The smallest absolute Gasteiger partial charge is 0.394 e. The Morgan fingerprint density at radius 1 is 0.750 bits per heavy atom. The van der Waals surface area contributed by atoms with Crippen LogP contribution in [-0.4, -0.2) is 29.3 Å². The third-order valence-electron chi connectivity index (χ3n) is 4.44. The number of aliphatic carboxylic acids is 1. The third-order valence-corrected chi connectivity index (χ3v) is 5.99. The topological polar surface area (TPSA) is 66.4 Å². The van der Waals surface area contributed by atoms with Gasteiger partial charge in [-0.25, -0.2) is 4.79 Å². The van der Waals surface area contributed by atoms with Crippen molar-refractivity contribution in [2.24, 2.45) is 0 Å². The number of carbonyl (C=O) groups excluding carboxylic acids is 1. The van der Waals surface area contributed by atoms with E-state index in [4.69, 9.17) is 5.11 Å². The number of carbonyl (C=O) groups is 2. The summed E-state index contributed by atoms with van der Waals surface area (Å²) in [6.45, 7) is 0.268. The summed E-state index contributed by atoms with van der Waals surface area (Å²) < 4.78 is -0.474. The minimum atomic E-state index is -1.47. The van der Waals surface area contributed by atoms with E-state index in [2.05, 4.69) is 41.7 Å². The predicted octanol–water partition coefficient (Wildman–Crippen LogP) is 3.91. The summed E-state index contributed by atoms with van der Waals surface area (Å²) in [5.41, 5.74) is 3.38. The second-order valence-corrected chi connectivity index (χ2v) is 7.50. The maximum atomic E-state index is 11.4. The van der Waals surface area contributed by atoms with Crippen LogP contribution < -0.4 is 5.32 Å². The molecule has 0 aliphatic carbocycles. The lowest BCUT2D eigenvalue weighted by Gasteiger charge is -2.35. The van der Waals surface area contributed by atoms with Crippen molar-refractivity contribution in [3.8, 4) is 0 Å². The van der Waals surface area contributed by atoms with Gasteiger partial charge in [-0.1, -0.05) is 91.0 Å². The van der Waals surface area contributed by atoms with Gasteiger partial charge in [0.1, 0.15) is 0 Å². The van der Waals surface area contributed by atoms with E-state index in [-0.39, 0.29) is 6.54 Å². The molecule has 2 N–H and O–H groups in total. The predicted molar refractivity (Wildman–Crippen MR) is 112 cm³/mol. The van der Waals surface area contributed by atoms with Crippen LogP contribution >= 0.6 is 11.8 Å². The number of rotatable bonds is 7. The highest BCUT2D eigenvalue weighted by atomic mass is 32.2. The summed E-state index contributed by atoms with van der Waals surface area (Å²) in [7, 11) is 0. The first-order valence-corrected chi connectivity index (χ1v) is 9.95. The molecule has 0 fully saturated rings. The van der Waals surface area contributed by atoms with E-state index in [0.717, 1.165) is 16.7 Å². The second kappa shape index (κ2) is 9.24. The summed E-state index contributed by atoms with van der Waals surface area (Å²) >= 11 is 1.67. The van der Waals surface area contributed by atoms with Crippen molar-refractivity contribution in [3.63, 3.8) is 0 Å². The molecule has 0 spiro atoms. The van der Waals surface area contributed by atoms with Crippen LogP contribution in [0.3, 0.4) is 0 Å². The van der Waals surface area contributed by atoms with Gasteiger partial charge >= 0.3 is 11.9 Å². The van der Waals surface area contributed by atoms with E-state index in [9.17, 15) is 9.59 Å². The third kappa shape index (κ3) is 4.26. The molecular formula is C23H21NO3S. The zero-order valence-corrected chi connectivity index (χ0v) is 16.1. The van der Waals surface area contributed by atoms with E-state index in [1.54, 1.807) is 11.8 Å². The van der Waals surface area contributed by atoms with Crippen LogP contribution in [-0.2, 0) is 14.3 Å². The summed E-state index contributed by atoms with van der Waals surface area (Å²) in [4.78, 5) is 22.1. The van der Waals surface area contributed by atoms with Crippen LogP contribution in [0.5, 0.6) is 0 Å². The molecule has 0 heterocycles. The van der Waals surface area contributed by atoms with Crippen LogP contribution in [0.2, 0.25) is 0 Å². The fourth-order valence-electron chi connectivity index (χ4n) is 3.21. The number of amides is 1. The fourth-order valence-corrected chi connectivity index (χ4v) is 4.63. The number of hydrogen-bond donors (Lipinski definition) is 2. The van der Waals surface area contributed by atoms with Crippen molar-refractivity contribution in [2.45, 2.75) is 4.75 Å². The lowest BCUT2D eigenvalue weighted by Crippen LogP contribution is -2.34. The minimum Gasteiger partial charge on any atom is -0.474 e. The lowest BCUT2D eigenvalue weighted by atomic mass is 9.84. The van der Waals surface area contributed by atoms with Gasteiger partial charge in [0.2, 0.25) is 0 Å². The number of carboxylic acid groups (broad SMARTS) is 1. The summed E-state index contributed by atoms with van der Waals surface area (Å²) in [5, 5.41) is 11.2. The van der Waals surface area contributed by atoms with Gasteiger partial charge in [0.15, 0.2) is 0 Å². The van der Waals surface area contributed by atoms with Crippen LogP contribution in [0.1, 0.15) is 16.7 Å². The first-order chi connectivity index (χ1) is 13.6. The zero-order chi connectivity index (χ0) is 19.8. The SMILES string of the molecule is O=C(O)C(=O)NCCSC(c1ccccc1)(c1ccccc1)c1ccccc1. The number of carboxylic acids is 1. The van der Waals surface area contributed by atoms with Gasteiger partial charge in [0.05, 0.1) is 4.75 Å². The Morgan fingerprint density at radius 3 is 1.50 bits per heavy atom. The molecule has 0 aromatic heterocycles. The van der Waals surface area contributed by atoms with Gasteiger partial charge in [-0.2, -0.15) is 0 Å². The average Bonchev–Trinajstić information content (AvgIpc) is 2.75. The molecule has 4 nitrogen and oxygen atoms in total. The zero-order valence-electron chi connectivity index (χ0n) is 15.2. The molecule has 0 aliphatic heterocycles. The largest absolute Gasteiger partial charge is 0.474 e. The first kappa shape index (κ1) is 19.7. The molecule has 5 heteroatoms. The van der Waals surface area contributed by atoms with Gasteiger partial charge < -0.3 is 10.4 Å². The molecule has 0 bridgehead atoms. The molecule has 0 saturated heterocycles. The van der Waals surface area contributed by atoms with E-state index >= 15 is 0 Å². The van der Waals surface area contributed by atoms with Crippen LogP contribution in [0.4, 0.5) is 0 Å². The molecule has 3 aromatic carbocycles. The van der Waals surface area contributed by atoms with Crippen molar-refractivity contribution >= 4 is 23.6 Å². The first-order valence-electron chi connectivity index (χ1n) is 8.96. The maximum Gasteiger partial charge on any atom is 0.394 e. The minimum absolute atomic E-state index is 0.268. The highest BCUT2D eigenvalue weighted by Crippen LogP contribution is 2.48. The molecule has 3 rings (SSSR count). The van der Waals surface area contributed by atoms with Crippen molar-refractivity contribution in [3.05, 3.63) is 108 Å². The van der Waals surface area contributed by atoms with Gasteiger partial charge in [0, 0.05) is 12.3 Å². The Bertz CT molecular complexity index is 818. The molecular weight excluding hydrogens is 370 g/mol. The van der Waals surface area contributed by atoms with Crippen LogP contribution in [0.25, 0.3) is 0 Å². The van der Waals surface area contributed by atoms with E-state index in [0.29, 0.717) is 5.75 Å². The lowest BCUT2D eigenvalue weighted by molar-refractivity contribution is -0.150. The van der Waals surface area contributed by atoms with Gasteiger partial charge in [-0.15, -0.1) is 11.8 Å². The number of benzene rings is 3. The quantitative estimate of drug-likeness (QED) is 0.364. The normalized spacial score (nSPS) is 11.0. The fraction of sp³-hybridized carbons (Fsp3) is 0.130. The Balaban J connectivity index is 2.01. The van der Waals surface area contributed by atoms with Gasteiger partial charge in [-0.3, -0.25) is 4.79 Å². The maximum absolute atomic E-state index is 11.4. The van der Waals surface area contributed by atoms with E-state index < -0.39 is 16.6 Å². The molecule has 28 heavy (non-hydrogen) atoms. The van der Waals surface area contributed by atoms with Gasteiger partial charge in [0.25, 0.3) is 0 Å². The summed E-state index contributed by atoms with van der Waals surface area (Å²) in [6, 6.07) is 30.7. The van der Waals surface area contributed by atoms with Crippen molar-refractivity contribution < 1.29 is 14.7 Å². The Labute approximate surface area is 168 Å².